The number of carbonyl (C=O) groups is 2. The van der Waals surface area contributed by atoms with Crippen LogP contribution in [0.1, 0.15) is 17.3 Å². The van der Waals surface area contributed by atoms with Gasteiger partial charge in [-0.05, 0) is 42.5 Å². The molecule has 4 rings (SSSR count). The van der Waals surface area contributed by atoms with Crippen LogP contribution in [0, 0.1) is 0 Å². The first kappa shape index (κ1) is 25.1. The van der Waals surface area contributed by atoms with E-state index < -0.39 is 17.4 Å². The monoisotopic (exact) mass is 528 g/mol. The van der Waals surface area contributed by atoms with Gasteiger partial charge in [0.1, 0.15) is 5.58 Å². The molecule has 0 saturated carbocycles. The summed E-state index contributed by atoms with van der Waals surface area (Å²) < 4.78 is 27.2. The lowest BCUT2D eigenvalue weighted by atomic mass is 10.1. The molecule has 0 spiro atoms. The second-order valence-corrected chi connectivity index (χ2v) is 8.22. The lowest BCUT2D eigenvalue weighted by Crippen LogP contribution is -2.17. The molecule has 0 radical (unpaired) electrons. The molecular formula is C26H18Cl2O8. The molecule has 0 unspecified atom stereocenters. The van der Waals surface area contributed by atoms with Crippen LogP contribution in [0.4, 0.5) is 0 Å². The van der Waals surface area contributed by atoms with Crippen LogP contribution in [-0.4, -0.2) is 26.2 Å². The Labute approximate surface area is 214 Å². The summed E-state index contributed by atoms with van der Waals surface area (Å²) in [7, 11) is 2.66. The Kier molecular flexibility index (Phi) is 7.19. The minimum absolute atomic E-state index is 0.00855. The average molecular weight is 529 g/mol. The number of benzene rings is 3. The minimum Gasteiger partial charge on any atom is -0.493 e. The molecule has 4 aromatic rings. The van der Waals surface area contributed by atoms with Gasteiger partial charge in [0.15, 0.2) is 17.3 Å². The highest BCUT2D eigenvalue weighted by atomic mass is 35.5. The van der Waals surface area contributed by atoms with E-state index in [-0.39, 0.29) is 50.3 Å². The number of fused-ring (bicyclic) bond motifs is 1. The van der Waals surface area contributed by atoms with E-state index in [0.717, 1.165) is 0 Å². The summed E-state index contributed by atoms with van der Waals surface area (Å²) in [5.41, 5.74) is 0.0573. The van der Waals surface area contributed by atoms with Crippen molar-refractivity contribution >= 4 is 46.1 Å². The van der Waals surface area contributed by atoms with E-state index in [1.807, 2.05) is 0 Å². The zero-order valence-corrected chi connectivity index (χ0v) is 20.7. The standard InChI is InChI=1S/C26H18Cl2O8/c1-13(29)34-24-20(32-2)11-15(12-21(24)33-3)26(31)36-25-22(30)16-6-4-5-7-19(16)35-23(25)14-8-9-17(27)18(28)10-14/h4-12H,1-3H3. The Morgan fingerprint density at radius 3 is 2.11 bits per heavy atom. The van der Waals surface area contributed by atoms with Gasteiger partial charge in [-0.3, -0.25) is 9.59 Å². The van der Waals surface area contributed by atoms with Gasteiger partial charge in [0.2, 0.25) is 16.9 Å². The van der Waals surface area contributed by atoms with Crippen LogP contribution in [0.25, 0.3) is 22.3 Å². The predicted molar refractivity (Wildman–Crippen MR) is 134 cm³/mol. The largest absolute Gasteiger partial charge is 0.493 e. The number of esters is 2. The average Bonchev–Trinajstić information content (AvgIpc) is 2.86. The van der Waals surface area contributed by atoms with E-state index in [1.54, 1.807) is 30.3 Å². The van der Waals surface area contributed by atoms with Gasteiger partial charge in [-0.25, -0.2) is 4.79 Å². The number of methoxy groups -OCH3 is 2. The summed E-state index contributed by atoms with van der Waals surface area (Å²) in [4.78, 5) is 38.1. The lowest BCUT2D eigenvalue weighted by molar-refractivity contribution is -0.132. The number of rotatable bonds is 6. The van der Waals surface area contributed by atoms with E-state index in [9.17, 15) is 14.4 Å². The van der Waals surface area contributed by atoms with Gasteiger partial charge in [-0.2, -0.15) is 0 Å². The normalized spacial score (nSPS) is 10.7. The Bertz CT molecular complexity index is 1530. The quantitative estimate of drug-likeness (QED) is 0.224. The van der Waals surface area contributed by atoms with Crippen molar-refractivity contribution in [2.45, 2.75) is 6.92 Å². The second-order valence-electron chi connectivity index (χ2n) is 7.41. The van der Waals surface area contributed by atoms with Crippen molar-refractivity contribution in [1.82, 2.24) is 0 Å². The molecule has 0 atom stereocenters. The van der Waals surface area contributed by atoms with Gasteiger partial charge in [0.25, 0.3) is 0 Å². The molecule has 0 saturated heterocycles. The van der Waals surface area contributed by atoms with Crippen molar-refractivity contribution < 1.29 is 33.0 Å². The fourth-order valence-corrected chi connectivity index (χ4v) is 3.74. The van der Waals surface area contributed by atoms with Crippen molar-refractivity contribution in [3.8, 4) is 34.3 Å². The number of para-hydroxylation sites is 1. The fourth-order valence-electron chi connectivity index (χ4n) is 3.44. The van der Waals surface area contributed by atoms with Crippen molar-refractivity contribution in [1.29, 1.82) is 0 Å². The molecule has 36 heavy (non-hydrogen) atoms. The number of ether oxygens (including phenoxy) is 4. The molecular weight excluding hydrogens is 511 g/mol. The van der Waals surface area contributed by atoms with Crippen LogP contribution in [0.5, 0.6) is 23.0 Å². The third-order valence-electron chi connectivity index (χ3n) is 5.07. The highest BCUT2D eigenvalue weighted by Crippen LogP contribution is 2.40. The summed E-state index contributed by atoms with van der Waals surface area (Å²) in [6.07, 6.45) is 0. The molecule has 3 aromatic carbocycles. The highest BCUT2D eigenvalue weighted by Gasteiger charge is 2.24. The summed E-state index contributed by atoms with van der Waals surface area (Å²) >= 11 is 12.2. The van der Waals surface area contributed by atoms with Gasteiger partial charge >= 0.3 is 11.9 Å². The van der Waals surface area contributed by atoms with E-state index >= 15 is 0 Å². The van der Waals surface area contributed by atoms with Crippen LogP contribution in [0.2, 0.25) is 10.0 Å². The second kappa shape index (κ2) is 10.3. The Morgan fingerprint density at radius 1 is 0.833 bits per heavy atom. The topological polar surface area (TPSA) is 101 Å². The zero-order valence-electron chi connectivity index (χ0n) is 19.2. The third-order valence-corrected chi connectivity index (χ3v) is 5.81. The molecule has 0 aliphatic carbocycles. The number of carbonyl (C=O) groups excluding carboxylic acids is 2. The molecule has 1 aromatic heterocycles. The summed E-state index contributed by atoms with van der Waals surface area (Å²) in [6.45, 7) is 1.21. The first-order valence-corrected chi connectivity index (χ1v) is 11.2. The minimum atomic E-state index is -0.912. The first-order valence-electron chi connectivity index (χ1n) is 10.4. The molecule has 0 fully saturated rings. The van der Waals surface area contributed by atoms with Crippen LogP contribution >= 0.6 is 23.2 Å². The van der Waals surface area contributed by atoms with Crippen molar-refractivity contribution in [2.75, 3.05) is 14.2 Å². The highest BCUT2D eigenvalue weighted by molar-refractivity contribution is 6.42. The molecule has 0 amide bonds. The summed E-state index contributed by atoms with van der Waals surface area (Å²) in [5, 5.41) is 0.733. The van der Waals surface area contributed by atoms with Crippen LogP contribution in [-0.2, 0) is 4.79 Å². The molecule has 0 bridgehead atoms. The van der Waals surface area contributed by atoms with Gasteiger partial charge in [-0.1, -0.05) is 35.3 Å². The predicted octanol–water partition coefficient (Wildman–Crippen LogP) is 5.93. The van der Waals surface area contributed by atoms with E-state index in [1.165, 1.54) is 45.4 Å². The lowest BCUT2D eigenvalue weighted by Gasteiger charge is -2.15. The number of hydrogen-bond acceptors (Lipinski definition) is 8. The Morgan fingerprint density at radius 2 is 1.50 bits per heavy atom. The molecule has 0 aliphatic heterocycles. The van der Waals surface area contributed by atoms with Crippen molar-refractivity contribution in [3.05, 3.63) is 80.4 Å². The van der Waals surface area contributed by atoms with Crippen LogP contribution < -0.4 is 24.4 Å². The Hall–Kier alpha value is -4.01. The van der Waals surface area contributed by atoms with Gasteiger partial charge < -0.3 is 23.4 Å². The maximum Gasteiger partial charge on any atom is 0.344 e. The maximum absolute atomic E-state index is 13.4. The van der Waals surface area contributed by atoms with E-state index in [2.05, 4.69) is 0 Å². The Balaban J connectivity index is 1.85. The first-order chi connectivity index (χ1) is 17.2. The zero-order chi connectivity index (χ0) is 26.0. The summed E-state index contributed by atoms with van der Waals surface area (Å²) in [6, 6.07) is 13.7. The van der Waals surface area contributed by atoms with Gasteiger partial charge in [0.05, 0.1) is 35.2 Å². The molecule has 1 heterocycles. The molecule has 10 heteroatoms. The summed E-state index contributed by atoms with van der Waals surface area (Å²) in [5.74, 6) is -1.80. The molecule has 184 valence electrons. The van der Waals surface area contributed by atoms with Crippen LogP contribution in [0.15, 0.2) is 63.8 Å². The maximum atomic E-state index is 13.4. The molecule has 8 nitrogen and oxygen atoms in total. The van der Waals surface area contributed by atoms with Crippen molar-refractivity contribution in [3.63, 3.8) is 0 Å². The number of halogens is 2. The molecule has 0 aliphatic rings. The van der Waals surface area contributed by atoms with Crippen molar-refractivity contribution in [2.24, 2.45) is 0 Å². The third kappa shape index (κ3) is 4.86. The fraction of sp³-hybridized carbons (Fsp3) is 0.115. The molecule has 0 N–H and O–H groups in total. The van der Waals surface area contributed by atoms with Crippen LogP contribution in [0.3, 0.4) is 0 Å². The number of hydrogen-bond donors (Lipinski definition) is 0. The van der Waals surface area contributed by atoms with E-state index in [4.69, 9.17) is 46.6 Å². The smallest absolute Gasteiger partial charge is 0.344 e. The van der Waals surface area contributed by atoms with E-state index in [0.29, 0.717) is 10.6 Å². The van der Waals surface area contributed by atoms with Gasteiger partial charge in [0, 0.05) is 12.5 Å². The van der Waals surface area contributed by atoms with Gasteiger partial charge in [-0.15, -0.1) is 0 Å². The SMILES string of the molecule is COc1cc(C(=O)Oc2c(-c3ccc(Cl)c(Cl)c3)oc3ccccc3c2=O)cc(OC)c1OC(C)=O.